The van der Waals surface area contributed by atoms with Crippen molar-refractivity contribution in [2.75, 3.05) is 0 Å². The molecule has 0 aromatic rings. The molecule has 0 saturated heterocycles. The predicted octanol–water partition coefficient (Wildman–Crippen LogP) is 1.33. The summed E-state index contributed by atoms with van der Waals surface area (Å²) in [5.41, 5.74) is -0.270. The number of carboxylic acids is 1. The van der Waals surface area contributed by atoms with Crippen molar-refractivity contribution in [2.24, 2.45) is 17.3 Å². The minimum absolute atomic E-state index is 0.0903. The van der Waals surface area contributed by atoms with Gasteiger partial charge in [0.1, 0.15) is 4.49 Å². The summed E-state index contributed by atoms with van der Waals surface area (Å²) in [7, 11) is 0. The molecule has 1 fully saturated rings. The minimum Gasteiger partial charge on any atom is -0.550 e. The van der Waals surface area contributed by atoms with Gasteiger partial charge < -0.3 is 9.90 Å². The zero-order valence-electron chi connectivity index (χ0n) is 6.80. The van der Waals surface area contributed by atoms with Crippen LogP contribution in [0.3, 0.4) is 0 Å². The highest BCUT2D eigenvalue weighted by molar-refractivity contribution is 6.55. The maximum atomic E-state index is 10.5. The molecule has 1 aliphatic rings. The second kappa shape index (κ2) is 2.93. The van der Waals surface area contributed by atoms with E-state index in [1.807, 2.05) is 13.8 Å². The van der Waals surface area contributed by atoms with Crippen LogP contribution in [0.25, 0.3) is 0 Å². The molecule has 0 spiro atoms. The smallest absolute Gasteiger partial charge is 0.103 e. The summed E-state index contributed by atoms with van der Waals surface area (Å²) in [6.45, 7) is 3.71. The topological polar surface area (TPSA) is 40.1 Å². The van der Waals surface area contributed by atoms with Crippen molar-refractivity contribution in [1.82, 2.24) is 0 Å². The molecule has 0 aromatic heterocycles. The monoisotopic (exact) mass is 207 g/mol. The average Bonchev–Trinajstić information content (AvgIpc) is 2.32. The largest absolute Gasteiger partial charge is 0.550 e. The second-order valence-electron chi connectivity index (χ2n) is 3.60. The van der Waals surface area contributed by atoms with Crippen LogP contribution >= 0.6 is 23.2 Å². The number of rotatable bonds is 2. The Morgan fingerprint density at radius 2 is 2.00 bits per heavy atom. The molecule has 1 saturated carbocycles. The lowest BCUT2D eigenvalue weighted by Gasteiger charge is -2.01. The fourth-order valence-electron chi connectivity index (χ4n) is 1.57. The first-order valence-corrected chi connectivity index (χ1v) is 4.36. The number of carbonyl (C=O) groups excluding carboxylic acids is 1. The standard InChI is InChI=1S/C8H10Cl2O2/c1-8(2)4(3-5(9)10)6(8)7(11)12/h3-4,6H,1-2H3,(H,11,12)/p-1/t4-,6+/m0/s1. The number of halogens is 2. The highest BCUT2D eigenvalue weighted by atomic mass is 35.5. The molecule has 2 atom stereocenters. The minimum atomic E-state index is -1.03. The molecule has 0 radical (unpaired) electrons. The molecule has 0 unspecified atom stereocenters. The van der Waals surface area contributed by atoms with E-state index in [1.54, 1.807) is 6.08 Å². The van der Waals surface area contributed by atoms with Crippen molar-refractivity contribution in [2.45, 2.75) is 13.8 Å². The van der Waals surface area contributed by atoms with E-state index in [-0.39, 0.29) is 15.8 Å². The summed E-state index contributed by atoms with van der Waals surface area (Å²) in [6.07, 6.45) is 1.56. The predicted molar refractivity (Wildman–Crippen MR) is 45.6 cm³/mol. The van der Waals surface area contributed by atoms with Crippen LogP contribution in [-0.2, 0) is 4.79 Å². The first kappa shape index (κ1) is 9.87. The summed E-state index contributed by atoms with van der Waals surface area (Å²) in [6, 6.07) is 0. The molecular formula is C8H9Cl2O2-. The van der Waals surface area contributed by atoms with Crippen LogP contribution in [0.5, 0.6) is 0 Å². The van der Waals surface area contributed by atoms with E-state index >= 15 is 0 Å². The van der Waals surface area contributed by atoms with Gasteiger partial charge in [0, 0.05) is 11.9 Å². The first-order valence-electron chi connectivity index (χ1n) is 3.61. The van der Waals surface area contributed by atoms with Crippen molar-refractivity contribution in [3.8, 4) is 0 Å². The molecule has 68 valence electrons. The summed E-state index contributed by atoms with van der Waals surface area (Å²) >= 11 is 10.8. The van der Waals surface area contributed by atoms with Crippen LogP contribution in [0.2, 0.25) is 0 Å². The number of aliphatic carboxylic acids is 1. The van der Waals surface area contributed by atoms with Crippen molar-refractivity contribution in [3.05, 3.63) is 10.6 Å². The molecule has 0 N–H and O–H groups in total. The first-order chi connectivity index (χ1) is 5.37. The Morgan fingerprint density at radius 1 is 1.50 bits per heavy atom. The fourth-order valence-corrected chi connectivity index (χ4v) is 1.85. The Labute approximate surface area is 81.2 Å². The van der Waals surface area contributed by atoms with Gasteiger partial charge in [0.2, 0.25) is 0 Å². The van der Waals surface area contributed by atoms with Crippen molar-refractivity contribution >= 4 is 29.2 Å². The second-order valence-corrected chi connectivity index (χ2v) is 4.61. The van der Waals surface area contributed by atoms with E-state index < -0.39 is 11.9 Å². The zero-order chi connectivity index (χ0) is 9.52. The summed E-state index contributed by atoms with van der Waals surface area (Å²) in [4.78, 5) is 10.5. The van der Waals surface area contributed by atoms with Crippen LogP contribution in [0.4, 0.5) is 0 Å². The summed E-state index contributed by atoms with van der Waals surface area (Å²) in [5, 5.41) is 10.5. The van der Waals surface area contributed by atoms with Crippen LogP contribution in [0, 0.1) is 17.3 Å². The van der Waals surface area contributed by atoms with E-state index in [0.717, 1.165) is 0 Å². The quantitative estimate of drug-likeness (QED) is 0.686. The summed E-state index contributed by atoms with van der Waals surface area (Å²) < 4.78 is 0.122. The molecule has 1 rings (SSSR count). The van der Waals surface area contributed by atoms with Gasteiger partial charge in [-0.25, -0.2) is 0 Å². The molecule has 0 bridgehead atoms. The van der Waals surface area contributed by atoms with E-state index in [2.05, 4.69) is 0 Å². The molecule has 4 heteroatoms. The van der Waals surface area contributed by atoms with Crippen LogP contribution in [-0.4, -0.2) is 5.97 Å². The Kier molecular flexibility index (Phi) is 2.41. The Morgan fingerprint density at radius 3 is 2.25 bits per heavy atom. The molecule has 2 nitrogen and oxygen atoms in total. The third-order valence-corrected chi connectivity index (χ3v) is 2.72. The maximum absolute atomic E-state index is 10.5. The van der Waals surface area contributed by atoms with E-state index in [4.69, 9.17) is 23.2 Å². The molecule has 1 aliphatic carbocycles. The molecule has 12 heavy (non-hydrogen) atoms. The Bertz CT molecular complexity index is 241. The molecular weight excluding hydrogens is 199 g/mol. The zero-order valence-corrected chi connectivity index (χ0v) is 8.32. The molecule has 0 aromatic carbocycles. The lowest BCUT2D eigenvalue weighted by molar-refractivity contribution is -0.308. The highest BCUT2D eigenvalue weighted by Gasteiger charge is 2.57. The van der Waals surface area contributed by atoms with Gasteiger partial charge in [-0.05, 0) is 17.4 Å². The van der Waals surface area contributed by atoms with E-state index in [0.29, 0.717) is 0 Å². The fraction of sp³-hybridized carbons (Fsp3) is 0.625. The van der Waals surface area contributed by atoms with Crippen molar-refractivity contribution in [3.63, 3.8) is 0 Å². The third-order valence-electron chi connectivity index (χ3n) is 2.47. The lowest BCUT2D eigenvalue weighted by Crippen LogP contribution is -2.26. The van der Waals surface area contributed by atoms with Gasteiger partial charge in [-0.2, -0.15) is 0 Å². The van der Waals surface area contributed by atoms with Crippen molar-refractivity contribution in [1.29, 1.82) is 0 Å². The Balaban J connectivity index is 2.73. The van der Waals surface area contributed by atoms with Gasteiger partial charge in [-0.3, -0.25) is 0 Å². The van der Waals surface area contributed by atoms with Gasteiger partial charge >= 0.3 is 0 Å². The van der Waals surface area contributed by atoms with Crippen LogP contribution in [0.15, 0.2) is 10.6 Å². The van der Waals surface area contributed by atoms with Gasteiger partial charge in [-0.15, -0.1) is 0 Å². The number of carboxylic acid groups (broad SMARTS) is 1. The maximum Gasteiger partial charge on any atom is 0.103 e. The number of allylic oxidation sites excluding steroid dienone is 1. The van der Waals surface area contributed by atoms with E-state index in [9.17, 15) is 9.90 Å². The lowest BCUT2D eigenvalue weighted by atomic mass is 10.1. The van der Waals surface area contributed by atoms with E-state index in [1.165, 1.54) is 0 Å². The summed E-state index contributed by atoms with van der Waals surface area (Å²) in [5.74, 6) is -1.58. The van der Waals surface area contributed by atoms with Gasteiger partial charge in [0.05, 0.1) is 0 Å². The molecule has 0 heterocycles. The van der Waals surface area contributed by atoms with Crippen molar-refractivity contribution < 1.29 is 9.90 Å². The number of hydrogen-bond acceptors (Lipinski definition) is 2. The molecule has 0 aliphatic heterocycles. The number of hydrogen-bond donors (Lipinski definition) is 0. The molecule has 0 amide bonds. The van der Waals surface area contributed by atoms with Gasteiger partial charge in [0.25, 0.3) is 0 Å². The van der Waals surface area contributed by atoms with Gasteiger partial charge in [0.15, 0.2) is 0 Å². The Hall–Kier alpha value is -0.210. The normalized spacial score (nSPS) is 31.0. The highest BCUT2D eigenvalue weighted by Crippen LogP contribution is 2.59. The number of carbonyl (C=O) groups is 1. The van der Waals surface area contributed by atoms with Crippen LogP contribution in [0.1, 0.15) is 13.8 Å². The van der Waals surface area contributed by atoms with Gasteiger partial charge in [-0.1, -0.05) is 37.0 Å². The SMILES string of the molecule is CC1(C)[C@@H](C=C(Cl)Cl)[C@@H]1C(=O)[O-]. The van der Waals surface area contributed by atoms with Crippen LogP contribution < -0.4 is 5.11 Å². The average molecular weight is 208 g/mol. The third kappa shape index (κ3) is 1.59.